The molecule has 0 aliphatic rings. The van der Waals surface area contributed by atoms with Crippen molar-refractivity contribution in [1.82, 2.24) is 0 Å². The molecule has 1 atom stereocenters. The predicted molar refractivity (Wildman–Crippen MR) is 53.7 cm³/mol. The van der Waals surface area contributed by atoms with Gasteiger partial charge in [-0.3, -0.25) is 0 Å². The molecule has 1 aromatic carbocycles. The van der Waals surface area contributed by atoms with Gasteiger partial charge in [0, 0.05) is 5.56 Å². The fraction of sp³-hybridized carbons (Fsp3) is 0.455. The highest BCUT2D eigenvalue weighted by molar-refractivity contribution is 5.33. The van der Waals surface area contributed by atoms with E-state index in [2.05, 4.69) is 0 Å². The van der Waals surface area contributed by atoms with Gasteiger partial charge in [-0.05, 0) is 25.5 Å². The van der Waals surface area contributed by atoms with Crippen molar-refractivity contribution >= 4 is 0 Å². The van der Waals surface area contributed by atoms with Crippen LogP contribution in [-0.2, 0) is 12.1 Å². The first-order valence-electron chi connectivity index (χ1n) is 4.85. The van der Waals surface area contributed by atoms with Gasteiger partial charge in [0.05, 0.1) is 0 Å². The molecule has 2 N–H and O–H groups in total. The van der Waals surface area contributed by atoms with Crippen molar-refractivity contribution in [3.63, 3.8) is 0 Å². The molecule has 1 nitrogen and oxygen atoms in total. The number of rotatable bonds is 3. The predicted octanol–water partition coefficient (Wildman–Crippen LogP) is 2.93. The van der Waals surface area contributed by atoms with Crippen LogP contribution in [0.2, 0.25) is 0 Å². The average Bonchev–Trinajstić information content (AvgIpc) is 2.17. The van der Waals surface area contributed by atoms with E-state index in [0.717, 1.165) is 6.07 Å². The summed E-state index contributed by atoms with van der Waals surface area (Å²) >= 11 is 0. The van der Waals surface area contributed by atoms with Crippen LogP contribution in [0.15, 0.2) is 24.3 Å². The summed E-state index contributed by atoms with van der Waals surface area (Å²) in [5, 5.41) is 0. The van der Waals surface area contributed by atoms with Gasteiger partial charge in [-0.25, -0.2) is 4.39 Å². The van der Waals surface area contributed by atoms with Crippen LogP contribution < -0.4 is 5.73 Å². The van der Waals surface area contributed by atoms with Gasteiger partial charge in [-0.1, -0.05) is 24.3 Å². The summed E-state index contributed by atoms with van der Waals surface area (Å²) in [6, 6.07) is 5.57. The smallest absolute Gasteiger partial charge is 0.330 e. The highest BCUT2D eigenvalue weighted by Gasteiger charge is 2.54. The van der Waals surface area contributed by atoms with Crippen LogP contribution in [0.25, 0.3) is 0 Å². The maximum Gasteiger partial charge on any atom is 0.426 e. The number of hydrogen-bond donors (Lipinski definition) is 1. The minimum atomic E-state index is -4.92. The van der Waals surface area contributed by atoms with Crippen LogP contribution in [-0.4, -0.2) is 12.7 Å². The Balaban J connectivity index is 3.21. The Hall–Kier alpha value is -1.10. The Labute approximate surface area is 91.3 Å². The molecule has 1 unspecified atom stereocenters. The Kier molecular flexibility index (Phi) is 3.57. The molecule has 1 aromatic rings. The molecule has 0 spiro atoms. The topological polar surface area (TPSA) is 26.0 Å². The van der Waals surface area contributed by atoms with E-state index in [4.69, 9.17) is 5.73 Å². The van der Waals surface area contributed by atoms with Crippen molar-refractivity contribution in [2.24, 2.45) is 5.73 Å². The minimum Gasteiger partial charge on any atom is -0.330 e. The molecule has 90 valence electrons. The zero-order chi connectivity index (χ0) is 12.4. The summed E-state index contributed by atoms with van der Waals surface area (Å²) in [5.74, 6) is 0. The van der Waals surface area contributed by atoms with Gasteiger partial charge >= 0.3 is 6.18 Å². The quantitative estimate of drug-likeness (QED) is 0.801. The lowest BCUT2D eigenvalue weighted by Gasteiger charge is -2.26. The largest absolute Gasteiger partial charge is 0.426 e. The molecular weight excluding hydrogens is 222 g/mol. The lowest BCUT2D eigenvalue weighted by molar-refractivity contribution is -0.229. The third kappa shape index (κ3) is 2.35. The molecule has 0 bridgehead atoms. The number of alkyl halides is 4. The van der Waals surface area contributed by atoms with Crippen LogP contribution in [0.5, 0.6) is 0 Å². The van der Waals surface area contributed by atoms with Crippen molar-refractivity contribution in [3.8, 4) is 0 Å². The van der Waals surface area contributed by atoms with Crippen LogP contribution >= 0.6 is 0 Å². The second-order valence-corrected chi connectivity index (χ2v) is 3.70. The van der Waals surface area contributed by atoms with Crippen LogP contribution in [0.3, 0.4) is 0 Å². The normalized spacial score (nSPS) is 15.9. The molecule has 16 heavy (non-hydrogen) atoms. The first-order chi connectivity index (χ1) is 7.30. The first-order valence-corrected chi connectivity index (χ1v) is 4.85. The van der Waals surface area contributed by atoms with Gasteiger partial charge in [0.1, 0.15) is 0 Å². The highest BCUT2D eigenvalue weighted by Crippen LogP contribution is 2.43. The summed E-state index contributed by atoms with van der Waals surface area (Å²) in [4.78, 5) is 0. The number of benzene rings is 1. The molecule has 0 aromatic heterocycles. The lowest BCUT2D eigenvalue weighted by Crippen LogP contribution is -2.36. The van der Waals surface area contributed by atoms with E-state index in [9.17, 15) is 17.6 Å². The SMILES string of the molecule is CC(F)(c1ccccc1CCN)C(F)(F)F. The molecular formula is C11H13F4N. The molecule has 1 rings (SSSR count). The summed E-state index contributed by atoms with van der Waals surface area (Å²) in [5.41, 5.74) is 1.89. The molecule has 0 aliphatic heterocycles. The van der Waals surface area contributed by atoms with E-state index in [0.29, 0.717) is 12.5 Å². The van der Waals surface area contributed by atoms with Gasteiger partial charge in [0.2, 0.25) is 5.67 Å². The Morgan fingerprint density at radius 2 is 1.69 bits per heavy atom. The van der Waals surface area contributed by atoms with Crippen molar-refractivity contribution in [1.29, 1.82) is 0 Å². The zero-order valence-corrected chi connectivity index (χ0v) is 8.81. The first kappa shape index (κ1) is 13.0. The van der Waals surface area contributed by atoms with E-state index in [-0.39, 0.29) is 18.5 Å². The maximum absolute atomic E-state index is 13.7. The van der Waals surface area contributed by atoms with Crippen LogP contribution in [0, 0.1) is 0 Å². The van der Waals surface area contributed by atoms with Crippen molar-refractivity contribution < 1.29 is 17.6 Å². The van der Waals surface area contributed by atoms with E-state index in [1.54, 1.807) is 6.07 Å². The van der Waals surface area contributed by atoms with Gasteiger partial charge in [0.25, 0.3) is 0 Å². The molecule has 0 aliphatic carbocycles. The molecule has 0 amide bonds. The minimum absolute atomic E-state index is 0.185. The Morgan fingerprint density at radius 3 is 2.19 bits per heavy atom. The molecule has 0 saturated heterocycles. The van der Waals surface area contributed by atoms with E-state index in [1.165, 1.54) is 12.1 Å². The highest BCUT2D eigenvalue weighted by atomic mass is 19.4. The van der Waals surface area contributed by atoms with Gasteiger partial charge in [-0.15, -0.1) is 0 Å². The third-order valence-electron chi connectivity index (χ3n) is 2.47. The van der Waals surface area contributed by atoms with Gasteiger partial charge < -0.3 is 5.73 Å². The van der Waals surface area contributed by atoms with E-state index < -0.39 is 11.8 Å². The average molecular weight is 235 g/mol. The summed E-state index contributed by atoms with van der Waals surface area (Å²) in [6.45, 7) is 0.716. The zero-order valence-electron chi connectivity index (χ0n) is 8.81. The van der Waals surface area contributed by atoms with Gasteiger partial charge in [-0.2, -0.15) is 13.2 Å². The monoisotopic (exact) mass is 235 g/mol. The summed E-state index contributed by atoms with van der Waals surface area (Å²) < 4.78 is 51.3. The standard InChI is InChI=1S/C11H13F4N/c1-10(12,11(13,14)15)9-5-3-2-4-8(9)6-7-16/h2-5H,6-7,16H2,1H3. The van der Waals surface area contributed by atoms with Crippen LogP contribution in [0.4, 0.5) is 17.6 Å². The third-order valence-corrected chi connectivity index (χ3v) is 2.47. The van der Waals surface area contributed by atoms with Crippen molar-refractivity contribution in [2.45, 2.75) is 25.2 Å². The fourth-order valence-corrected chi connectivity index (χ4v) is 1.50. The van der Waals surface area contributed by atoms with Crippen LogP contribution in [0.1, 0.15) is 18.1 Å². The van der Waals surface area contributed by atoms with Crippen molar-refractivity contribution in [2.75, 3.05) is 6.54 Å². The van der Waals surface area contributed by atoms with E-state index >= 15 is 0 Å². The molecule has 5 heteroatoms. The summed E-state index contributed by atoms with van der Waals surface area (Å²) in [6.07, 6.45) is -4.69. The van der Waals surface area contributed by atoms with Crippen molar-refractivity contribution in [3.05, 3.63) is 35.4 Å². The fourth-order valence-electron chi connectivity index (χ4n) is 1.50. The number of halogens is 4. The Morgan fingerprint density at radius 1 is 1.12 bits per heavy atom. The molecule has 0 fully saturated rings. The lowest BCUT2D eigenvalue weighted by atomic mass is 9.91. The Bertz CT molecular complexity index is 357. The number of hydrogen-bond acceptors (Lipinski definition) is 1. The van der Waals surface area contributed by atoms with Gasteiger partial charge in [0.15, 0.2) is 0 Å². The molecule has 0 radical (unpaired) electrons. The second kappa shape index (κ2) is 4.41. The summed E-state index contributed by atoms with van der Waals surface area (Å²) in [7, 11) is 0. The second-order valence-electron chi connectivity index (χ2n) is 3.70. The molecule has 0 heterocycles. The number of nitrogens with two attached hydrogens (primary N) is 1. The maximum atomic E-state index is 13.7. The van der Waals surface area contributed by atoms with E-state index in [1.807, 2.05) is 0 Å². The molecule has 0 saturated carbocycles.